The number of carbonyl (C=O) groups is 1. The summed E-state index contributed by atoms with van der Waals surface area (Å²) in [5, 5.41) is 5.83. The molecule has 2 rings (SSSR count). The molecule has 1 fully saturated rings. The molecule has 0 radical (unpaired) electrons. The Morgan fingerprint density at radius 3 is 2.95 bits per heavy atom. The minimum Gasteiger partial charge on any atom is -0.376 e. The van der Waals surface area contributed by atoms with Gasteiger partial charge in [0.15, 0.2) is 5.82 Å². The summed E-state index contributed by atoms with van der Waals surface area (Å²) in [6.07, 6.45) is 2.21. The van der Waals surface area contributed by atoms with Crippen LogP contribution in [0.3, 0.4) is 0 Å². The first-order valence-electron chi connectivity index (χ1n) is 6.73. The minimum atomic E-state index is -0.689. The standard InChI is InChI=1S/C14H18ClFN2O2/c15-12-3-1-2-11(13(12)16)14(19)18-8-9-20-10-4-6-17-7-5-10/h1-3,10,17H,4-9H2,(H,18,19). The maximum atomic E-state index is 13.6. The molecule has 1 heterocycles. The molecule has 1 aliphatic heterocycles. The van der Waals surface area contributed by atoms with Crippen molar-refractivity contribution in [1.29, 1.82) is 0 Å². The summed E-state index contributed by atoms with van der Waals surface area (Å²) in [5.41, 5.74) is -0.0423. The average molecular weight is 301 g/mol. The van der Waals surface area contributed by atoms with Gasteiger partial charge in [0.2, 0.25) is 0 Å². The summed E-state index contributed by atoms with van der Waals surface area (Å²) in [6, 6.07) is 4.37. The van der Waals surface area contributed by atoms with Crippen LogP contribution in [0.15, 0.2) is 18.2 Å². The Labute approximate surface area is 122 Å². The SMILES string of the molecule is O=C(NCCOC1CCNCC1)c1cccc(Cl)c1F. The van der Waals surface area contributed by atoms with Crippen molar-refractivity contribution >= 4 is 17.5 Å². The van der Waals surface area contributed by atoms with Crippen LogP contribution in [0.5, 0.6) is 0 Å². The third-order valence-electron chi connectivity index (χ3n) is 3.22. The van der Waals surface area contributed by atoms with Crippen molar-refractivity contribution in [2.75, 3.05) is 26.2 Å². The molecule has 6 heteroatoms. The third kappa shape index (κ3) is 4.16. The third-order valence-corrected chi connectivity index (χ3v) is 3.52. The van der Waals surface area contributed by atoms with Crippen molar-refractivity contribution in [3.63, 3.8) is 0 Å². The first-order valence-corrected chi connectivity index (χ1v) is 7.11. The predicted molar refractivity (Wildman–Crippen MR) is 75.6 cm³/mol. The first-order chi connectivity index (χ1) is 9.68. The van der Waals surface area contributed by atoms with Crippen molar-refractivity contribution in [2.45, 2.75) is 18.9 Å². The molecule has 0 spiro atoms. The molecule has 0 unspecified atom stereocenters. The van der Waals surface area contributed by atoms with Gasteiger partial charge < -0.3 is 15.4 Å². The Morgan fingerprint density at radius 1 is 1.45 bits per heavy atom. The molecule has 1 aromatic carbocycles. The molecule has 2 N–H and O–H groups in total. The van der Waals surface area contributed by atoms with Crippen LogP contribution in [0.4, 0.5) is 4.39 Å². The van der Waals surface area contributed by atoms with Crippen LogP contribution in [-0.4, -0.2) is 38.3 Å². The lowest BCUT2D eigenvalue weighted by Crippen LogP contribution is -2.35. The molecule has 0 aliphatic carbocycles. The van der Waals surface area contributed by atoms with E-state index >= 15 is 0 Å². The van der Waals surface area contributed by atoms with Gasteiger partial charge in [0.05, 0.1) is 23.3 Å². The second kappa shape index (κ2) is 7.57. The van der Waals surface area contributed by atoms with Crippen molar-refractivity contribution in [2.24, 2.45) is 0 Å². The normalized spacial score (nSPS) is 16.1. The van der Waals surface area contributed by atoms with Crippen molar-refractivity contribution in [1.82, 2.24) is 10.6 Å². The molecule has 0 atom stereocenters. The van der Waals surface area contributed by atoms with Crippen LogP contribution < -0.4 is 10.6 Å². The monoisotopic (exact) mass is 300 g/mol. The fourth-order valence-corrected chi connectivity index (χ4v) is 2.30. The number of benzene rings is 1. The lowest BCUT2D eigenvalue weighted by atomic mass is 10.1. The summed E-state index contributed by atoms with van der Waals surface area (Å²) >= 11 is 5.64. The van der Waals surface area contributed by atoms with Gasteiger partial charge in [0, 0.05) is 6.54 Å². The Hall–Kier alpha value is -1.17. The Morgan fingerprint density at radius 2 is 2.20 bits per heavy atom. The molecular formula is C14H18ClFN2O2. The van der Waals surface area contributed by atoms with Crippen LogP contribution in [0.2, 0.25) is 5.02 Å². The number of nitrogens with one attached hydrogen (secondary N) is 2. The van der Waals surface area contributed by atoms with Crippen LogP contribution in [0, 0.1) is 5.82 Å². The van der Waals surface area contributed by atoms with Crippen LogP contribution in [0.1, 0.15) is 23.2 Å². The van der Waals surface area contributed by atoms with Gasteiger partial charge in [-0.05, 0) is 38.1 Å². The Balaban J connectivity index is 1.73. The van der Waals surface area contributed by atoms with E-state index in [0.717, 1.165) is 25.9 Å². The highest BCUT2D eigenvalue weighted by molar-refractivity contribution is 6.31. The topological polar surface area (TPSA) is 50.4 Å². The zero-order valence-electron chi connectivity index (χ0n) is 11.1. The van der Waals surface area contributed by atoms with Gasteiger partial charge in [-0.3, -0.25) is 4.79 Å². The number of ether oxygens (including phenoxy) is 1. The molecule has 0 aromatic heterocycles. The number of rotatable bonds is 5. The molecule has 1 amide bonds. The van der Waals surface area contributed by atoms with Gasteiger partial charge in [-0.25, -0.2) is 4.39 Å². The number of carbonyl (C=O) groups excluding carboxylic acids is 1. The number of halogens is 2. The zero-order chi connectivity index (χ0) is 14.4. The van der Waals surface area contributed by atoms with Gasteiger partial charge in [-0.2, -0.15) is 0 Å². The van der Waals surface area contributed by atoms with Crippen molar-refractivity contribution in [3.8, 4) is 0 Å². The number of amides is 1. The largest absolute Gasteiger partial charge is 0.376 e. The molecule has 20 heavy (non-hydrogen) atoms. The van der Waals surface area contributed by atoms with Gasteiger partial charge >= 0.3 is 0 Å². The quantitative estimate of drug-likeness (QED) is 0.818. The zero-order valence-corrected chi connectivity index (χ0v) is 11.9. The van der Waals surface area contributed by atoms with Gasteiger partial charge in [-0.1, -0.05) is 17.7 Å². The summed E-state index contributed by atoms with van der Waals surface area (Å²) < 4.78 is 19.3. The van der Waals surface area contributed by atoms with Gasteiger partial charge in [-0.15, -0.1) is 0 Å². The van der Waals surface area contributed by atoms with E-state index in [9.17, 15) is 9.18 Å². The van der Waals surface area contributed by atoms with Crippen LogP contribution >= 0.6 is 11.6 Å². The summed E-state index contributed by atoms with van der Waals surface area (Å²) in [6.45, 7) is 2.71. The second-order valence-electron chi connectivity index (χ2n) is 4.68. The fourth-order valence-electron chi connectivity index (χ4n) is 2.13. The molecule has 1 aromatic rings. The number of hydrogen-bond acceptors (Lipinski definition) is 3. The fraction of sp³-hybridized carbons (Fsp3) is 0.500. The summed E-state index contributed by atoms with van der Waals surface area (Å²) in [5.74, 6) is -1.16. The summed E-state index contributed by atoms with van der Waals surface area (Å²) in [7, 11) is 0. The van der Waals surface area contributed by atoms with Gasteiger partial charge in [0.1, 0.15) is 0 Å². The maximum Gasteiger partial charge on any atom is 0.254 e. The smallest absolute Gasteiger partial charge is 0.254 e. The van der Waals surface area contributed by atoms with Crippen molar-refractivity contribution < 1.29 is 13.9 Å². The molecule has 0 saturated carbocycles. The summed E-state index contributed by atoms with van der Waals surface area (Å²) in [4.78, 5) is 11.8. The van der Waals surface area contributed by atoms with E-state index in [2.05, 4.69) is 10.6 Å². The van der Waals surface area contributed by atoms with E-state index in [1.54, 1.807) is 6.07 Å². The second-order valence-corrected chi connectivity index (χ2v) is 5.08. The predicted octanol–water partition coefficient (Wildman–Crippen LogP) is 1.98. The van der Waals surface area contributed by atoms with E-state index in [0.29, 0.717) is 13.2 Å². The van der Waals surface area contributed by atoms with Crippen LogP contribution in [0.25, 0.3) is 0 Å². The lowest BCUT2D eigenvalue weighted by molar-refractivity contribution is 0.0343. The maximum absolute atomic E-state index is 13.6. The minimum absolute atomic E-state index is 0.0423. The molecule has 110 valence electrons. The Bertz CT molecular complexity index is 464. The van der Waals surface area contributed by atoms with E-state index in [1.165, 1.54) is 12.1 Å². The Kier molecular flexibility index (Phi) is 5.76. The molecule has 0 bridgehead atoms. The molecular weight excluding hydrogens is 283 g/mol. The van der Waals surface area contributed by atoms with Crippen LogP contribution in [-0.2, 0) is 4.74 Å². The lowest BCUT2D eigenvalue weighted by Gasteiger charge is -2.22. The van der Waals surface area contributed by atoms with E-state index in [4.69, 9.17) is 16.3 Å². The van der Waals surface area contributed by atoms with E-state index in [-0.39, 0.29) is 16.7 Å². The number of piperidine rings is 1. The van der Waals surface area contributed by atoms with E-state index < -0.39 is 11.7 Å². The highest BCUT2D eigenvalue weighted by Crippen LogP contribution is 2.17. The van der Waals surface area contributed by atoms with E-state index in [1.807, 2.05) is 0 Å². The first kappa shape index (κ1) is 15.2. The highest BCUT2D eigenvalue weighted by Gasteiger charge is 2.15. The molecule has 1 saturated heterocycles. The van der Waals surface area contributed by atoms with Gasteiger partial charge in [0.25, 0.3) is 5.91 Å². The highest BCUT2D eigenvalue weighted by atomic mass is 35.5. The van der Waals surface area contributed by atoms with Crippen molar-refractivity contribution in [3.05, 3.63) is 34.6 Å². The average Bonchev–Trinajstić information content (AvgIpc) is 2.47. The molecule has 4 nitrogen and oxygen atoms in total. The molecule has 1 aliphatic rings. The number of hydrogen-bond donors (Lipinski definition) is 2.